The molecule has 22 heavy (non-hydrogen) atoms. The van der Waals surface area contributed by atoms with Crippen molar-refractivity contribution in [2.45, 2.75) is 20.8 Å². The van der Waals surface area contributed by atoms with E-state index in [4.69, 9.17) is 5.11 Å². The number of nitrogens with one attached hydrogen (secondary N) is 1. The zero-order valence-corrected chi connectivity index (χ0v) is 16.0. The Morgan fingerprint density at radius 3 is 2.23 bits per heavy atom. The van der Waals surface area contributed by atoms with E-state index in [0.717, 1.165) is 0 Å². The van der Waals surface area contributed by atoms with Gasteiger partial charge in [-0.05, 0) is 28.7 Å². The van der Waals surface area contributed by atoms with Crippen LogP contribution in [0.1, 0.15) is 31.1 Å². The van der Waals surface area contributed by atoms with Gasteiger partial charge in [-0.25, -0.2) is 9.89 Å². The van der Waals surface area contributed by atoms with Crippen molar-refractivity contribution in [3.8, 4) is 11.4 Å². The van der Waals surface area contributed by atoms with Gasteiger partial charge in [0, 0.05) is 6.20 Å². The van der Waals surface area contributed by atoms with E-state index < -0.39 is 5.97 Å². The van der Waals surface area contributed by atoms with Crippen molar-refractivity contribution in [3.63, 3.8) is 0 Å². The molecule has 0 radical (unpaired) electrons. The number of pyridine rings is 1. The van der Waals surface area contributed by atoms with Crippen molar-refractivity contribution < 1.29 is 32.3 Å². The number of rotatable bonds is 5. The third kappa shape index (κ3) is 6.79. The fraction of sp³-hybridized carbons (Fsp3) is 0.429. The summed E-state index contributed by atoms with van der Waals surface area (Å²) in [4.78, 5) is 14.4. The quantitative estimate of drug-likeness (QED) is 0.371. The molecule has 0 amide bonds. The van der Waals surface area contributed by atoms with Crippen LogP contribution in [0.4, 0.5) is 0 Å². The molecule has 0 bridgehead atoms. The van der Waals surface area contributed by atoms with Crippen LogP contribution < -0.4 is 0 Å². The van der Waals surface area contributed by atoms with Gasteiger partial charge >= 0.3 is 28.3 Å². The van der Waals surface area contributed by atoms with Crippen LogP contribution in [0, 0.1) is 6.20 Å². The maximum Gasteiger partial charge on any atom is 1.00 e. The van der Waals surface area contributed by atoms with Crippen LogP contribution in [0.25, 0.3) is 11.4 Å². The summed E-state index contributed by atoms with van der Waals surface area (Å²) in [6, 6.07) is 3.02. The van der Waals surface area contributed by atoms with Crippen LogP contribution in [-0.2, 0) is 22.4 Å². The summed E-state index contributed by atoms with van der Waals surface area (Å²) in [5, 5.41) is 18.1. The monoisotopic (exact) mass is 505 g/mol. The number of carboxylic acids is 1. The number of hydrogen-bond acceptors (Lipinski definition) is 4. The molecule has 0 aliphatic carbocycles. The smallest absolute Gasteiger partial charge is 0.478 e. The van der Waals surface area contributed by atoms with Gasteiger partial charge in [0.05, 0.1) is 24.0 Å². The molecule has 0 spiro atoms. The zero-order valence-electron chi connectivity index (χ0n) is 12.9. The molecule has 0 fully saturated rings. The van der Waals surface area contributed by atoms with Crippen molar-refractivity contribution in [2.24, 2.45) is 0 Å². The molecule has 0 atom stereocenters. The van der Waals surface area contributed by atoms with Crippen molar-refractivity contribution in [2.75, 3.05) is 18.5 Å². The Hall–Kier alpha value is -1.07. The van der Waals surface area contributed by atoms with Crippen molar-refractivity contribution >= 4 is 13.9 Å². The molecule has 0 saturated carbocycles. The number of nitrogens with zero attached hydrogens (tertiary/aromatic N) is 3. The van der Waals surface area contributed by atoms with Gasteiger partial charge in [0.1, 0.15) is 0 Å². The van der Waals surface area contributed by atoms with Crippen molar-refractivity contribution in [1.29, 1.82) is 0 Å². The number of H-pyrrole nitrogens is 1. The number of carbonyl (C=O) groups is 1. The van der Waals surface area contributed by atoms with Crippen LogP contribution in [0.15, 0.2) is 18.3 Å². The second-order valence-electron chi connectivity index (χ2n) is 4.35. The molecule has 0 aliphatic heterocycles. The van der Waals surface area contributed by atoms with Gasteiger partial charge in [0.25, 0.3) is 0 Å². The maximum absolute atomic E-state index is 10.5. The summed E-state index contributed by atoms with van der Waals surface area (Å²) in [5.74, 6) is -1.00. The number of aromatic amines is 1. The average molecular weight is 505 g/mol. The normalized spacial score (nSPS) is 9.64. The molecule has 0 aliphatic rings. The van der Waals surface area contributed by atoms with Gasteiger partial charge < -0.3 is 10.1 Å². The van der Waals surface area contributed by atoms with Gasteiger partial charge in [0.15, 0.2) is 0 Å². The van der Waals surface area contributed by atoms with Gasteiger partial charge in [-0.1, -0.05) is 28.9 Å². The molecule has 8 heteroatoms. The fourth-order valence-corrected chi connectivity index (χ4v) is 3.21. The van der Waals surface area contributed by atoms with E-state index in [9.17, 15) is 4.79 Å². The van der Waals surface area contributed by atoms with Crippen molar-refractivity contribution in [1.82, 2.24) is 20.4 Å². The second kappa shape index (κ2) is 11.5. The van der Waals surface area contributed by atoms with E-state index in [1.165, 1.54) is 30.7 Å². The Balaban J connectivity index is 0.000000478. The topological polar surface area (TPSA) is 91.8 Å². The van der Waals surface area contributed by atoms with E-state index in [1.54, 1.807) is 6.07 Å². The molecule has 0 unspecified atom stereocenters. The Morgan fingerprint density at radius 1 is 1.27 bits per heavy atom. The van der Waals surface area contributed by atoms with Gasteiger partial charge in [-0.15, -0.1) is 6.07 Å². The summed E-state index contributed by atoms with van der Waals surface area (Å²) < 4.78 is 0. The molecule has 0 aromatic carbocycles. The number of aromatic nitrogens is 4. The maximum atomic E-state index is 10.5. The summed E-state index contributed by atoms with van der Waals surface area (Å²) in [6.07, 6.45) is 8.21. The van der Waals surface area contributed by atoms with Crippen LogP contribution in [-0.4, -0.2) is 50.0 Å². The van der Waals surface area contributed by atoms with E-state index in [2.05, 4.69) is 47.4 Å². The fourth-order valence-electron chi connectivity index (χ4n) is 1.71. The Kier molecular flexibility index (Phi) is 10.9. The van der Waals surface area contributed by atoms with Crippen LogP contribution in [0.2, 0.25) is 0 Å². The first-order valence-corrected chi connectivity index (χ1v) is 9.06. The summed E-state index contributed by atoms with van der Waals surface area (Å²) >= 11 is 0. The van der Waals surface area contributed by atoms with E-state index in [-0.39, 0.29) is 35.9 Å². The van der Waals surface area contributed by atoms with Gasteiger partial charge in [0.2, 0.25) is 0 Å². The van der Waals surface area contributed by atoms with E-state index >= 15 is 0 Å². The number of carboxylic acid groups (broad SMARTS) is 1. The molecule has 0 saturated heterocycles. The molecular weight excluding hydrogens is 484 g/mol. The Bertz CT molecular complexity index is 525. The minimum atomic E-state index is -1.00. The Labute approximate surface area is 147 Å². The standard InChI is InChI=1S/C8H5N4O2.C6H15P.Au/c13-8(14)5-1-2-6(9-3-5)7-4-10-12-11-7;1-4-7(5-2)6-3;/h1-3H,(H,13,14)(H,10,11,12);4-6H2,1-3H3;/q-1;;+1/p+1. The largest absolute Gasteiger partial charge is 1.00 e. The minimum absolute atomic E-state index is 0. The second-order valence-corrected chi connectivity index (χ2v) is 7.97. The molecule has 6 nitrogen and oxygen atoms in total. The molecule has 2 rings (SSSR count). The average Bonchev–Trinajstić information content (AvgIpc) is 3.04. The third-order valence-corrected chi connectivity index (χ3v) is 6.14. The van der Waals surface area contributed by atoms with E-state index in [1.807, 2.05) is 0 Å². The minimum Gasteiger partial charge on any atom is -0.478 e. The van der Waals surface area contributed by atoms with Gasteiger partial charge in [-0.2, -0.15) is 0 Å². The first kappa shape index (κ1) is 20.9. The van der Waals surface area contributed by atoms with Gasteiger partial charge in [-0.3, -0.25) is 5.10 Å². The number of hydrogen-bond donors (Lipinski definition) is 2. The molecule has 2 aromatic heterocycles. The molecule has 2 heterocycles. The van der Waals surface area contributed by atoms with Crippen LogP contribution >= 0.6 is 7.92 Å². The summed E-state index contributed by atoms with van der Waals surface area (Å²) in [7, 11) is 0.137. The van der Waals surface area contributed by atoms with Crippen LogP contribution in [0.3, 0.4) is 0 Å². The van der Waals surface area contributed by atoms with E-state index in [0.29, 0.717) is 11.4 Å². The molecular formula is C14H21AuN4O2P+. The van der Waals surface area contributed by atoms with Crippen LogP contribution in [0.5, 0.6) is 0 Å². The summed E-state index contributed by atoms with van der Waals surface area (Å²) in [5.41, 5.74) is 1.23. The number of aromatic carboxylic acids is 1. The predicted octanol–water partition coefficient (Wildman–Crippen LogP) is 2.62. The predicted molar refractivity (Wildman–Crippen MR) is 85.3 cm³/mol. The third-order valence-electron chi connectivity index (χ3n) is 3.14. The summed E-state index contributed by atoms with van der Waals surface area (Å²) in [6.45, 7) is 6.92. The molecule has 2 aromatic rings. The first-order chi connectivity index (χ1) is 10.1. The Morgan fingerprint density at radius 2 is 1.91 bits per heavy atom. The molecule has 124 valence electrons. The molecule has 2 N–H and O–H groups in total. The SMILES string of the molecule is CC[PH+](CC)CC.O=C(O)c1ccc(-c2[c-]nn[nH]2)nc1.[Au+]. The van der Waals surface area contributed by atoms with Crippen molar-refractivity contribution in [3.05, 3.63) is 30.1 Å². The first-order valence-electron chi connectivity index (χ1n) is 6.94. The zero-order chi connectivity index (χ0) is 15.7.